The molecule has 3 aliphatic rings. The number of rotatable bonds is 5. The van der Waals surface area contributed by atoms with Crippen molar-refractivity contribution in [1.82, 2.24) is 5.32 Å². The zero-order valence-electron chi connectivity index (χ0n) is 18.7. The molecule has 2 aliphatic carbocycles. The van der Waals surface area contributed by atoms with Gasteiger partial charge in [0, 0.05) is 52.6 Å². The van der Waals surface area contributed by atoms with Crippen LogP contribution in [-0.4, -0.2) is 24.1 Å². The van der Waals surface area contributed by atoms with Gasteiger partial charge in [0.2, 0.25) is 0 Å². The first-order valence-electron chi connectivity index (χ1n) is 11.6. The molecule has 0 atom stereocenters. The third-order valence-electron chi connectivity index (χ3n) is 6.51. The number of amides is 1. The standard InChI is InChI=1S/C27H25FN2O4/c28-16-11-13-17(14-12-16)29-24(33)15-34-23-10-2-1-5-18(23)25-26-19(6-3-8-21(26)31)30-20-7-4-9-22(32)27(20)25/h1-2,5,10-14,25,30H,3-4,6-9,15H2,(H,29,33). The van der Waals surface area contributed by atoms with Gasteiger partial charge in [-0.1, -0.05) is 18.2 Å². The predicted molar refractivity (Wildman–Crippen MR) is 125 cm³/mol. The number of hydrogen-bond donors (Lipinski definition) is 2. The van der Waals surface area contributed by atoms with E-state index in [9.17, 15) is 18.8 Å². The van der Waals surface area contributed by atoms with Crippen molar-refractivity contribution in [2.45, 2.75) is 44.4 Å². The number of ether oxygens (including phenoxy) is 1. The molecule has 1 amide bonds. The van der Waals surface area contributed by atoms with Gasteiger partial charge in [-0.25, -0.2) is 4.39 Å². The Balaban J connectivity index is 1.45. The summed E-state index contributed by atoms with van der Waals surface area (Å²) in [5, 5.41) is 6.08. The van der Waals surface area contributed by atoms with Gasteiger partial charge < -0.3 is 15.4 Å². The number of carbonyl (C=O) groups is 3. The normalized spacial score (nSPS) is 18.3. The van der Waals surface area contributed by atoms with E-state index in [-0.39, 0.29) is 24.0 Å². The largest absolute Gasteiger partial charge is 0.483 e. The fraction of sp³-hybridized carbons (Fsp3) is 0.296. The summed E-state index contributed by atoms with van der Waals surface area (Å²) in [5.74, 6) is -0.724. The number of ketones is 2. The minimum Gasteiger partial charge on any atom is -0.483 e. The van der Waals surface area contributed by atoms with Crippen LogP contribution in [0.25, 0.3) is 0 Å². The van der Waals surface area contributed by atoms with Crippen LogP contribution in [0.5, 0.6) is 5.75 Å². The van der Waals surface area contributed by atoms with E-state index in [1.165, 1.54) is 24.3 Å². The lowest BCUT2D eigenvalue weighted by atomic mass is 9.71. The van der Waals surface area contributed by atoms with Crippen molar-refractivity contribution >= 4 is 23.2 Å². The lowest BCUT2D eigenvalue weighted by molar-refractivity contribution is -0.119. The van der Waals surface area contributed by atoms with Crippen LogP contribution >= 0.6 is 0 Å². The molecule has 7 heteroatoms. The minimum absolute atomic E-state index is 0.0486. The van der Waals surface area contributed by atoms with Crippen LogP contribution in [0.15, 0.2) is 71.1 Å². The van der Waals surface area contributed by atoms with Crippen LogP contribution in [0.4, 0.5) is 10.1 Å². The summed E-state index contributed by atoms with van der Waals surface area (Å²) < 4.78 is 19.0. The number of benzene rings is 2. The van der Waals surface area contributed by atoms with Gasteiger partial charge in [-0.05, 0) is 56.0 Å². The Morgan fingerprint density at radius 3 is 2.18 bits per heavy atom. The molecule has 0 saturated heterocycles. The second-order valence-corrected chi connectivity index (χ2v) is 8.78. The lowest BCUT2D eigenvalue weighted by Gasteiger charge is -2.37. The fourth-order valence-corrected chi connectivity index (χ4v) is 5.02. The average molecular weight is 461 g/mol. The molecule has 174 valence electrons. The first-order chi connectivity index (χ1) is 16.5. The van der Waals surface area contributed by atoms with Gasteiger partial charge in [0.25, 0.3) is 5.91 Å². The maximum Gasteiger partial charge on any atom is 0.262 e. The number of halogens is 1. The quantitative estimate of drug-likeness (QED) is 0.684. The maximum absolute atomic E-state index is 13.1. The summed E-state index contributed by atoms with van der Waals surface area (Å²) in [6.07, 6.45) is 4.02. The van der Waals surface area contributed by atoms with Crippen molar-refractivity contribution in [1.29, 1.82) is 0 Å². The Morgan fingerprint density at radius 1 is 0.912 bits per heavy atom. The minimum atomic E-state index is -0.497. The van der Waals surface area contributed by atoms with Gasteiger partial charge >= 0.3 is 0 Å². The van der Waals surface area contributed by atoms with E-state index in [2.05, 4.69) is 10.6 Å². The summed E-state index contributed by atoms with van der Waals surface area (Å²) >= 11 is 0. The molecule has 2 N–H and O–H groups in total. The van der Waals surface area contributed by atoms with Crippen LogP contribution in [0.2, 0.25) is 0 Å². The zero-order chi connectivity index (χ0) is 23.7. The van der Waals surface area contributed by atoms with Gasteiger partial charge in [-0.2, -0.15) is 0 Å². The van der Waals surface area contributed by atoms with Crippen molar-refractivity contribution in [3.8, 4) is 5.75 Å². The van der Waals surface area contributed by atoms with E-state index in [0.717, 1.165) is 37.1 Å². The molecule has 0 radical (unpaired) electrons. The lowest BCUT2D eigenvalue weighted by Crippen LogP contribution is -2.36. The Kier molecular flexibility index (Phi) is 6.01. The molecular weight excluding hydrogens is 435 g/mol. The van der Waals surface area contributed by atoms with Gasteiger partial charge in [0.1, 0.15) is 11.6 Å². The number of para-hydroxylation sites is 1. The molecule has 0 aromatic heterocycles. The highest BCUT2D eigenvalue weighted by Crippen LogP contribution is 2.47. The van der Waals surface area contributed by atoms with Crippen molar-refractivity contribution < 1.29 is 23.5 Å². The molecule has 5 rings (SSSR count). The molecule has 1 aliphatic heterocycles. The molecule has 0 fully saturated rings. The van der Waals surface area contributed by atoms with E-state index >= 15 is 0 Å². The van der Waals surface area contributed by atoms with E-state index in [1.807, 2.05) is 12.1 Å². The van der Waals surface area contributed by atoms with E-state index in [0.29, 0.717) is 41.0 Å². The zero-order valence-corrected chi connectivity index (χ0v) is 18.7. The number of carbonyl (C=O) groups excluding carboxylic acids is 3. The smallest absolute Gasteiger partial charge is 0.262 e. The van der Waals surface area contributed by atoms with Crippen LogP contribution in [-0.2, 0) is 14.4 Å². The number of allylic oxidation sites excluding steroid dienone is 4. The van der Waals surface area contributed by atoms with Crippen molar-refractivity contribution in [2.24, 2.45) is 0 Å². The third kappa shape index (κ3) is 4.25. The number of dihydropyridines is 1. The van der Waals surface area contributed by atoms with E-state index < -0.39 is 11.8 Å². The molecular formula is C27H25FN2O4. The van der Waals surface area contributed by atoms with Gasteiger partial charge in [0.05, 0.1) is 0 Å². The van der Waals surface area contributed by atoms with Gasteiger partial charge in [0.15, 0.2) is 18.2 Å². The third-order valence-corrected chi connectivity index (χ3v) is 6.51. The van der Waals surface area contributed by atoms with Crippen molar-refractivity contribution in [3.63, 3.8) is 0 Å². The van der Waals surface area contributed by atoms with Crippen LogP contribution < -0.4 is 15.4 Å². The van der Waals surface area contributed by atoms with Crippen LogP contribution in [0, 0.1) is 5.82 Å². The Hall–Kier alpha value is -3.74. The molecule has 0 bridgehead atoms. The number of hydrogen-bond acceptors (Lipinski definition) is 5. The second-order valence-electron chi connectivity index (χ2n) is 8.78. The molecule has 1 heterocycles. The fourth-order valence-electron chi connectivity index (χ4n) is 5.02. The van der Waals surface area contributed by atoms with Crippen LogP contribution in [0.1, 0.15) is 50.0 Å². The summed E-state index contributed by atoms with van der Waals surface area (Å²) in [6.45, 7) is -0.265. The summed E-state index contributed by atoms with van der Waals surface area (Å²) in [5.41, 5.74) is 4.27. The monoisotopic (exact) mass is 460 g/mol. The molecule has 0 spiro atoms. The summed E-state index contributed by atoms with van der Waals surface area (Å²) in [7, 11) is 0. The second kappa shape index (κ2) is 9.25. The molecule has 0 saturated carbocycles. The predicted octanol–water partition coefficient (Wildman–Crippen LogP) is 4.54. The highest BCUT2D eigenvalue weighted by molar-refractivity contribution is 6.06. The average Bonchev–Trinajstić information content (AvgIpc) is 2.83. The highest BCUT2D eigenvalue weighted by atomic mass is 19.1. The molecule has 2 aromatic rings. The topological polar surface area (TPSA) is 84.5 Å². The van der Waals surface area contributed by atoms with E-state index in [4.69, 9.17) is 4.74 Å². The highest BCUT2D eigenvalue weighted by Gasteiger charge is 2.41. The van der Waals surface area contributed by atoms with Crippen molar-refractivity contribution in [3.05, 3.63) is 82.5 Å². The summed E-state index contributed by atoms with van der Waals surface area (Å²) in [6, 6.07) is 12.7. The SMILES string of the molecule is O=C(COc1ccccc1C1C2=C(CCCC2=O)NC2=C1C(=O)CCC2)Nc1ccc(F)cc1. The Bertz CT molecular complexity index is 1190. The number of anilines is 1. The molecule has 2 aromatic carbocycles. The first-order valence-corrected chi connectivity index (χ1v) is 11.6. The molecule has 34 heavy (non-hydrogen) atoms. The van der Waals surface area contributed by atoms with E-state index in [1.54, 1.807) is 12.1 Å². The molecule has 0 unspecified atom stereocenters. The molecule has 6 nitrogen and oxygen atoms in total. The van der Waals surface area contributed by atoms with Crippen LogP contribution in [0.3, 0.4) is 0 Å². The number of nitrogens with one attached hydrogen (secondary N) is 2. The Morgan fingerprint density at radius 2 is 1.53 bits per heavy atom. The maximum atomic E-state index is 13.1. The van der Waals surface area contributed by atoms with Gasteiger partial charge in [-0.15, -0.1) is 0 Å². The Labute approximate surface area is 196 Å². The van der Waals surface area contributed by atoms with Gasteiger partial charge in [-0.3, -0.25) is 14.4 Å². The number of Topliss-reactive ketones (excluding diaryl/α,β-unsaturated/α-hetero) is 2. The summed E-state index contributed by atoms with van der Waals surface area (Å²) in [4.78, 5) is 38.5. The first kappa shape index (κ1) is 22.1. The van der Waals surface area contributed by atoms with Crippen molar-refractivity contribution in [2.75, 3.05) is 11.9 Å².